The molecule has 1 saturated heterocycles. The van der Waals surface area contributed by atoms with Gasteiger partial charge in [0.2, 0.25) is 0 Å². The van der Waals surface area contributed by atoms with Crippen molar-refractivity contribution in [2.45, 2.75) is 52.6 Å². The summed E-state index contributed by atoms with van der Waals surface area (Å²) in [4.78, 5) is 2.47. The van der Waals surface area contributed by atoms with E-state index in [1.165, 1.54) is 19.4 Å². The minimum atomic E-state index is 0.404. The standard InChI is InChI=1S/C14H30N2O/c1-12(2)15-10-14(6-8-17-9-7-14)11-16(5)13(3)4/h12-13,15H,6-11H2,1-5H3. The molecule has 3 nitrogen and oxygen atoms in total. The van der Waals surface area contributed by atoms with E-state index in [0.717, 1.165) is 19.8 Å². The third kappa shape index (κ3) is 4.94. The summed E-state index contributed by atoms with van der Waals surface area (Å²) in [6.45, 7) is 13.1. The van der Waals surface area contributed by atoms with E-state index in [1.54, 1.807) is 0 Å². The highest BCUT2D eigenvalue weighted by atomic mass is 16.5. The fourth-order valence-corrected chi connectivity index (χ4v) is 2.33. The molecule has 0 aliphatic carbocycles. The van der Waals surface area contributed by atoms with Gasteiger partial charge in [0.25, 0.3) is 0 Å². The second kappa shape index (κ2) is 6.72. The van der Waals surface area contributed by atoms with Crippen LogP contribution in [0.2, 0.25) is 0 Å². The molecule has 0 unspecified atom stereocenters. The number of ether oxygens (including phenoxy) is 1. The molecule has 0 spiro atoms. The van der Waals surface area contributed by atoms with Crippen molar-refractivity contribution in [1.29, 1.82) is 0 Å². The summed E-state index contributed by atoms with van der Waals surface area (Å²) >= 11 is 0. The summed E-state index contributed by atoms with van der Waals surface area (Å²) in [5.41, 5.74) is 0.404. The Kier molecular flexibility index (Phi) is 5.90. The van der Waals surface area contributed by atoms with Crippen LogP contribution in [-0.2, 0) is 4.74 Å². The normalized spacial score (nSPS) is 20.5. The van der Waals surface area contributed by atoms with E-state index in [0.29, 0.717) is 17.5 Å². The van der Waals surface area contributed by atoms with E-state index in [1.807, 2.05) is 0 Å². The SMILES string of the molecule is CC(C)NCC1(CN(C)C(C)C)CCOCC1. The zero-order valence-electron chi connectivity index (χ0n) is 12.3. The molecule has 1 heterocycles. The zero-order chi connectivity index (χ0) is 12.9. The summed E-state index contributed by atoms with van der Waals surface area (Å²) in [6.07, 6.45) is 2.37. The Morgan fingerprint density at radius 3 is 2.24 bits per heavy atom. The van der Waals surface area contributed by atoms with Crippen LogP contribution in [0.15, 0.2) is 0 Å². The molecule has 0 atom stereocenters. The first kappa shape index (κ1) is 14.9. The maximum atomic E-state index is 5.53. The summed E-state index contributed by atoms with van der Waals surface area (Å²) in [5, 5.41) is 3.62. The Hall–Kier alpha value is -0.120. The van der Waals surface area contributed by atoms with Crippen molar-refractivity contribution in [3.63, 3.8) is 0 Å². The quantitative estimate of drug-likeness (QED) is 0.772. The van der Waals surface area contributed by atoms with E-state index in [9.17, 15) is 0 Å². The van der Waals surface area contributed by atoms with Crippen molar-refractivity contribution in [3.8, 4) is 0 Å². The zero-order valence-corrected chi connectivity index (χ0v) is 12.3. The minimum Gasteiger partial charge on any atom is -0.381 e. The lowest BCUT2D eigenvalue weighted by Gasteiger charge is -2.41. The lowest BCUT2D eigenvalue weighted by atomic mass is 9.79. The highest BCUT2D eigenvalue weighted by molar-refractivity contribution is 4.87. The van der Waals surface area contributed by atoms with E-state index in [2.05, 4.69) is 45.0 Å². The lowest BCUT2D eigenvalue weighted by molar-refractivity contribution is -0.00544. The molecule has 102 valence electrons. The number of hydrogen-bond acceptors (Lipinski definition) is 3. The Balaban J connectivity index is 2.57. The third-order valence-electron chi connectivity index (χ3n) is 3.91. The van der Waals surface area contributed by atoms with Gasteiger partial charge >= 0.3 is 0 Å². The van der Waals surface area contributed by atoms with Crippen LogP contribution in [0.1, 0.15) is 40.5 Å². The first-order chi connectivity index (χ1) is 7.95. The molecule has 0 amide bonds. The molecule has 1 fully saturated rings. The molecular weight excluding hydrogens is 212 g/mol. The lowest BCUT2D eigenvalue weighted by Crippen LogP contribution is -2.49. The average Bonchev–Trinajstić information content (AvgIpc) is 2.27. The number of nitrogens with zero attached hydrogens (tertiary/aromatic N) is 1. The van der Waals surface area contributed by atoms with Gasteiger partial charge < -0.3 is 15.0 Å². The summed E-state index contributed by atoms with van der Waals surface area (Å²) < 4.78 is 5.53. The van der Waals surface area contributed by atoms with Crippen LogP contribution in [-0.4, -0.2) is 50.3 Å². The summed E-state index contributed by atoms with van der Waals surface area (Å²) in [6, 6.07) is 1.19. The van der Waals surface area contributed by atoms with Gasteiger partial charge in [-0.05, 0) is 39.2 Å². The summed E-state index contributed by atoms with van der Waals surface area (Å²) in [5.74, 6) is 0. The molecule has 0 aromatic carbocycles. The number of hydrogen-bond donors (Lipinski definition) is 1. The van der Waals surface area contributed by atoms with Crippen molar-refractivity contribution in [1.82, 2.24) is 10.2 Å². The maximum absolute atomic E-state index is 5.53. The van der Waals surface area contributed by atoms with Gasteiger partial charge in [0.1, 0.15) is 0 Å². The van der Waals surface area contributed by atoms with Gasteiger partial charge in [-0.25, -0.2) is 0 Å². The van der Waals surface area contributed by atoms with Crippen LogP contribution in [0.5, 0.6) is 0 Å². The molecule has 1 N–H and O–H groups in total. The maximum Gasteiger partial charge on any atom is 0.0472 e. The smallest absolute Gasteiger partial charge is 0.0472 e. The molecular formula is C14H30N2O. The van der Waals surface area contributed by atoms with E-state index in [4.69, 9.17) is 4.74 Å². The number of nitrogens with one attached hydrogen (secondary N) is 1. The molecule has 3 heteroatoms. The van der Waals surface area contributed by atoms with Crippen molar-refractivity contribution in [3.05, 3.63) is 0 Å². The summed E-state index contributed by atoms with van der Waals surface area (Å²) in [7, 11) is 2.23. The van der Waals surface area contributed by atoms with Crippen LogP contribution >= 0.6 is 0 Å². The van der Waals surface area contributed by atoms with Gasteiger partial charge in [-0.3, -0.25) is 0 Å². The second-order valence-electron chi connectivity index (χ2n) is 6.16. The van der Waals surface area contributed by atoms with E-state index >= 15 is 0 Å². The number of rotatable bonds is 6. The van der Waals surface area contributed by atoms with Crippen LogP contribution in [0, 0.1) is 5.41 Å². The topological polar surface area (TPSA) is 24.5 Å². The van der Waals surface area contributed by atoms with E-state index < -0.39 is 0 Å². The minimum absolute atomic E-state index is 0.404. The van der Waals surface area contributed by atoms with Crippen molar-refractivity contribution >= 4 is 0 Å². The molecule has 17 heavy (non-hydrogen) atoms. The van der Waals surface area contributed by atoms with Crippen LogP contribution in [0.3, 0.4) is 0 Å². The molecule has 0 saturated carbocycles. The molecule has 1 aliphatic heterocycles. The first-order valence-corrected chi connectivity index (χ1v) is 6.96. The average molecular weight is 242 g/mol. The second-order valence-corrected chi connectivity index (χ2v) is 6.16. The van der Waals surface area contributed by atoms with E-state index in [-0.39, 0.29) is 0 Å². The fourth-order valence-electron chi connectivity index (χ4n) is 2.33. The molecule has 0 aromatic heterocycles. The van der Waals surface area contributed by atoms with Gasteiger partial charge in [-0.15, -0.1) is 0 Å². The Labute approximate surface area is 107 Å². The van der Waals surface area contributed by atoms with Gasteiger partial charge in [0, 0.05) is 38.4 Å². The van der Waals surface area contributed by atoms with Crippen molar-refractivity contribution < 1.29 is 4.74 Å². The van der Waals surface area contributed by atoms with Crippen molar-refractivity contribution in [2.75, 3.05) is 33.4 Å². The van der Waals surface area contributed by atoms with Crippen LogP contribution < -0.4 is 5.32 Å². The largest absolute Gasteiger partial charge is 0.381 e. The molecule has 1 rings (SSSR count). The Morgan fingerprint density at radius 1 is 1.18 bits per heavy atom. The Morgan fingerprint density at radius 2 is 1.76 bits per heavy atom. The molecule has 0 bridgehead atoms. The predicted molar refractivity (Wildman–Crippen MR) is 73.4 cm³/mol. The molecule has 0 radical (unpaired) electrons. The monoisotopic (exact) mass is 242 g/mol. The van der Waals surface area contributed by atoms with Crippen LogP contribution in [0.4, 0.5) is 0 Å². The van der Waals surface area contributed by atoms with Gasteiger partial charge in [0.05, 0.1) is 0 Å². The van der Waals surface area contributed by atoms with Gasteiger partial charge in [0.15, 0.2) is 0 Å². The first-order valence-electron chi connectivity index (χ1n) is 6.96. The highest BCUT2D eigenvalue weighted by Crippen LogP contribution is 2.31. The third-order valence-corrected chi connectivity index (χ3v) is 3.91. The fraction of sp³-hybridized carbons (Fsp3) is 1.00. The molecule has 1 aliphatic rings. The van der Waals surface area contributed by atoms with Crippen LogP contribution in [0.25, 0.3) is 0 Å². The Bertz CT molecular complexity index is 210. The predicted octanol–water partition coefficient (Wildman–Crippen LogP) is 2.12. The van der Waals surface area contributed by atoms with Gasteiger partial charge in [-0.2, -0.15) is 0 Å². The highest BCUT2D eigenvalue weighted by Gasteiger charge is 2.34. The molecule has 0 aromatic rings. The van der Waals surface area contributed by atoms with Crippen molar-refractivity contribution in [2.24, 2.45) is 5.41 Å². The van der Waals surface area contributed by atoms with Gasteiger partial charge in [-0.1, -0.05) is 13.8 Å².